The van der Waals surface area contributed by atoms with Crippen LogP contribution in [0.15, 0.2) is 12.4 Å². The van der Waals surface area contributed by atoms with Crippen LogP contribution in [0.5, 0.6) is 0 Å². The summed E-state index contributed by atoms with van der Waals surface area (Å²) in [6, 6.07) is 0. The number of nitrogens with zero attached hydrogens (tertiary/aromatic N) is 2. The van der Waals surface area contributed by atoms with Crippen molar-refractivity contribution in [3.05, 3.63) is 12.4 Å². The molecule has 0 saturated heterocycles. The predicted molar refractivity (Wildman–Crippen MR) is 42.3 cm³/mol. The van der Waals surface area contributed by atoms with Gasteiger partial charge in [-0.3, -0.25) is 0 Å². The monoisotopic (exact) mass is 154 g/mol. The molecule has 0 aliphatic carbocycles. The third-order valence-electron chi connectivity index (χ3n) is 1.44. The third kappa shape index (κ3) is 1.81. The number of aromatic nitrogens is 2. The van der Waals surface area contributed by atoms with Crippen molar-refractivity contribution in [2.24, 2.45) is 0 Å². The molecule has 0 amide bonds. The van der Waals surface area contributed by atoms with Crippen LogP contribution in [0.2, 0.25) is 0 Å². The van der Waals surface area contributed by atoms with Crippen LogP contribution < -0.4 is 5.72 Å². The van der Waals surface area contributed by atoms with E-state index in [2.05, 4.69) is 4.98 Å². The molecule has 1 heterocycles. The molecule has 0 fully saturated rings. The average molecular weight is 154 g/mol. The SMILES string of the molecule is CCCn1ccnc1B(O)O. The van der Waals surface area contributed by atoms with Crippen LogP contribution in [-0.2, 0) is 6.54 Å². The molecule has 1 aromatic rings. The summed E-state index contributed by atoms with van der Waals surface area (Å²) in [7, 11) is -1.46. The van der Waals surface area contributed by atoms with Gasteiger partial charge < -0.3 is 14.6 Å². The Balaban J connectivity index is 2.78. The molecule has 4 nitrogen and oxygen atoms in total. The molecule has 5 heteroatoms. The van der Waals surface area contributed by atoms with Crippen LogP contribution in [0.3, 0.4) is 0 Å². The summed E-state index contributed by atoms with van der Waals surface area (Å²) < 4.78 is 1.73. The van der Waals surface area contributed by atoms with Crippen LogP contribution in [0, 0.1) is 0 Å². The molecule has 0 bridgehead atoms. The number of hydrogen-bond acceptors (Lipinski definition) is 3. The highest BCUT2D eigenvalue weighted by Gasteiger charge is 2.16. The fourth-order valence-corrected chi connectivity index (χ4v) is 0.986. The highest BCUT2D eigenvalue weighted by atomic mass is 16.4. The van der Waals surface area contributed by atoms with E-state index in [9.17, 15) is 0 Å². The summed E-state index contributed by atoms with van der Waals surface area (Å²) >= 11 is 0. The molecule has 0 unspecified atom stereocenters. The Labute approximate surface area is 65.6 Å². The zero-order valence-corrected chi connectivity index (χ0v) is 6.44. The highest BCUT2D eigenvalue weighted by Crippen LogP contribution is 1.87. The predicted octanol–water partition coefficient (Wildman–Crippen LogP) is -1.03. The number of imidazole rings is 1. The molecule has 0 radical (unpaired) electrons. The van der Waals surface area contributed by atoms with Gasteiger partial charge in [-0.05, 0) is 6.42 Å². The van der Waals surface area contributed by atoms with Crippen molar-refractivity contribution in [1.29, 1.82) is 0 Å². The van der Waals surface area contributed by atoms with Gasteiger partial charge >= 0.3 is 7.12 Å². The van der Waals surface area contributed by atoms with Gasteiger partial charge in [0.1, 0.15) is 5.72 Å². The van der Waals surface area contributed by atoms with Gasteiger partial charge in [0, 0.05) is 18.9 Å². The number of rotatable bonds is 3. The smallest absolute Gasteiger partial charge is 0.421 e. The summed E-state index contributed by atoms with van der Waals surface area (Å²) in [5.41, 5.74) is 0.312. The molecule has 11 heavy (non-hydrogen) atoms. The van der Waals surface area contributed by atoms with Gasteiger partial charge in [0.05, 0.1) is 0 Å². The van der Waals surface area contributed by atoms with Crippen molar-refractivity contribution in [3.8, 4) is 0 Å². The maximum absolute atomic E-state index is 8.79. The number of aryl methyl sites for hydroxylation is 1. The minimum atomic E-state index is -1.46. The lowest BCUT2D eigenvalue weighted by molar-refractivity contribution is 0.419. The van der Waals surface area contributed by atoms with E-state index in [1.54, 1.807) is 17.0 Å². The van der Waals surface area contributed by atoms with Crippen LogP contribution >= 0.6 is 0 Å². The minimum Gasteiger partial charge on any atom is -0.421 e. The first-order chi connectivity index (χ1) is 5.25. The van der Waals surface area contributed by atoms with Crippen molar-refractivity contribution >= 4 is 12.8 Å². The van der Waals surface area contributed by atoms with Crippen molar-refractivity contribution in [2.45, 2.75) is 19.9 Å². The van der Waals surface area contributed by atoms with E-state index >= 15 is 0 Å². The Morgan fingerprint density at radius 3 is 2.91 bits per heavy atom. The molecule has 0 aromatic carbocycles. The van der Waals surface area contributed by atoms with E-state index in [0.717, 1.165) is 13.0 Å². The Morgan fingerprint density at radius 2 is 2.36 bits per heavy atom. The van der Waals surface area contributed by atoms with Gasteiger partial charge in [-0.1, -0.05) is 6.92 Å². The Bertz CT molecular complexity index is 224. The van der Waals surface area contributed by atoms with Gasteiger partial charge in [-0.15, -0.1) is 0 Å². The van der Waals surface area contributed by atoms with Crippen LogP contribution in [0.4, 0.5) is 0 Å². The first kappa shape index (κ1) is 8.29. The molecule has 0 aliphatic rings. The molecule has 2 N–H and O–H groups in total. The first-order valence-corrected chi connectivity index (χ1v) is 3.63. The molecule has 0 atom stereocenters. The largest absolute Gasteiger partial charge is 0.526 e. The quantitative estimate of drug-likeness (QED) is 0.547. The molecule has 60 valence electrons. The standard InChI is InChI=1S/C6H11BN2O2/c1-2-4-9-5-3-8-6(9)7(10)11/h3,5,10-11H,2,4H2,1H3. The molecule has 1 aromatic heterocycles. The van der Waals surface area contributed by atoms with E-state index in [-0.39, 0.29) is 0 Å². The Kier molecular flexibility index (Phi) is 2.67. The second kappa shape index (κ2) is 3.55. The average Bonchev–Trinajstić information content (AvgIpc) is 2.36. The first-order valence-electron chi connectivity index (χ1n) is 3.63. The minimum absolute atomic E-state index is 0.312. The highest BCUT2D eigenvalue weighted by molar-refractivity contribution is 6.56. The summed E-state index contributed by atoms with van der Waals surface area (Å²) in [6.07, 6.45) is 4.25. The normalized spacial score (nSPS) is 10.1. The topological polar surface area (TPSA) is 58.3 Å². The van der Waals surface area contributed by atoms with Crippen LogP contribution in [0.1, 0.15) is 13.3 Å². The van der Waals surface area contributed by atoms with E-state index in [1.165, 1.54) is 0 Å². The lowest BCUT2D eigenvalue weighted by Gasteiger charge is -2.03. The molecular formula is C6H11BN2O2. The van der Waals surface area contributed by atoms with Crippen LogP contribution in [-0.4, -0.2) is 26.7 Å². The second-order valence-electron chi connectivity index (χ2n) is 2.35. The van der Waals surface area contributed by atoms with Gasteiger partial charge in [-0.25, -0.2) is 4.98 Å². The number of hydrogen-bond donors (Lipinski definition) is 2. The molecule has 0 spiro atoms. The van der Waals surface area contributed by atoms with Crippen molar-refractivity contribution < 1.29 is 10.0 Å². The second-order valence-corrected chi connectivity index (χ2v) is 2.35. The zero-order chi connectivity index (χ0) is 8.27. The molecule has 0 saturated carbocycles. The van der Waals surface area contributed by atoms with Crippen molar-refractivity contribution in [2.75, 3.05) is 0 Å². The lowest BCUT2D eigenvalue weighted by Crippen LogP contribution is -2.38. The van der Waals surface area contributed by atoms with E-state index < -0.39 is 7.12 Å². The summed E-state index contributed by atoms with van der Waals surface area (Å²) in [5.74, 6) is 0. The third-order valence-corrected chi connectivity index (χ3v) is 1.44. The summed E-state index contributed by atoms with van der Waals surface area (Å²) in [5, 5.41) is 17.6. The maximum Gasteiger partial charge on any atom is 0.526 e. The molecule has 0 aliphatic heterocycles. The molecular weight excluding hydrogens is 143 g/mol. The fraction of sp³-hybridized carbons (Fsp3) is 0.500. The van der Waals surface area contributed by atoms with E-state index in [0.29, 0.717) is 5.72 Å². The van der Waals surface area contributed by atoms with Gasteiger partial charge in [0.25, 0.3) is 0 Å². The maximum atomic E-state index is 8.79. The van der Waals surface area contributed by atoms with Gasteiger partial charge in [-0.2, -0.15) is 0 Å². The Morgan fingerprint density at radius 1 is 1.64 bits per heavy atom. The lowest BCUT2D eigenvalue weighted by atomic mass is 9.91. The summed E-state index contributed by atoms with van der Waals surface area (Å²) in [6.45, 7) is 2.79. The molecule has 1 rings (SSSR count). The van der Waals surface area contributed by atoms with Crippen molar-refractivity contribution in [1.82, 2.24) is 9.55 Å². The zero-order valence-electron chi connectivity index (χ0n) is 6.44. The van der Waals surface area contributed by atoms with E-state index in [4.69, 9.17) is 10.0 Å². The van der Waals surface area contributed by atoms with Gasteiger partial charge in [0.15, 0.2) is 0 Å². The summed E-state index contributed by atoms with van der Waals surface area (Å²) in [4.78, 5) is 3.80. The van der Waals surface area contributed by atoms with Crippen molar-refractivity contribution in [3.63, 3.8) is 0 Å². The Hall–Kier alpha value is -0.805. The van der Waals surface area contributed by atoms with Crippen LogP contribution in [0.25, 0.3) is 0 Å². The van der Waals surface area contributed by atoms with Gasteiger partial charge in [0.2, 0.25) is 0 Å². The fourth-order valence-electron chi connectivity index (χ4n) is 0.986. The van der Waals surface area contributed by atoms with E-state index in [1.807, 2.05) is 6.92 Å².